The largest absolute Gasteiger partial charge is 0.493 e. The number of anilines is 1. The van der Waals surface area contributed by atoms with E-state index in [4.69, 9.17) is 9.47 Å². The molecule has 2 aliphatic rings. The van der Waals surface area contributed by atoms with Crippen molar-refractivity contribution in [1.29, 1.82) is 0 Å². The highest BCUT2D eigenvalue weighted by atomic mass is 32.2. The number of nitrogens with zero attached hydrogens (tertiary/aromatic N) is 1. The fourth-order valence-electron chi connectivity index (χ4n) is 3.24. The van der Waals surface area contributed by atoms with Crippen molar-refractivity contribution in [2.24, 2.45) is 5.92 Å². The first-order valence-corrected chi connectivity index (χ1v) is 8.80. The molecule has 1 aliphatic heterocycles. The van der Waals surface area contributed by atoms with Gasteiger partial charge in [0.05, 0.1) is 14.2 Å². The van der Waals surface area contributed by atoms with Gasteiger partial charge in [-0.05, 0) is 30.9 Å². The van der Waals surface area contributed by atoms with Crippen molar-refractivity contribution in [3.63, 3.8) is 0 Å². The number of hydrogen-bond acceptors (Lipinski definition) is 5. The van der Waals surface area contributed by atoms with Gasteiger partial charge in [-0.2, -0.15) is 0 Å². The second-order valence-corrected chi connectivity index (χ2v) is 8.23. The smallest absolute Gasteiger partial charge is 0.247 e. The highest BCUT2D eigenvalue weighted by molar-refractivity contribution is 7.91. The molecule has 1 amide bonds. The standard InChI is InChI=1S/C15H20N2O5S/c1-17-7-6-10-9-15(10,23(17,19)20)14(18)16-11-4-5-12(21-2)13(8-11)22-3/h4-5,8,10H,6-7,9H2,1-3H3,(H,16,18)/t10-,15+/m0/s1. The molecule has 126 valence electrons. The van der Waals surface area contributed by atoms with E-state index in [0.29, 0.717) is 30.2 Å². The third kappa shape index (κ3) is 2.28. The number of amides is 1. The summed E-state index contributed by atoms with van der Waals surface area (Å²) in [7, 11) is 0.935. The second kappa shape index (κ2) is 5.38. The second-order valence-electron chi connectivity index (χ2n) is 5.93. The van der Waals surface area contributed by atoms with Gasteiger partial charge in [-0.15, -0.1) is 0 Å². The summed E-state index contributed by atoms with van der Waals surface area (Å²) in [4.78, 5) is 12.7. The summed E-state index contributed by atoms with van der Waals surface area (Å²) in [5.74, 6) is 0.446. The highest BCUT2D eigenvalue weighted by Gasteiger charge is 2.71. The number of ether oxygens (including phenoxy) is 2. The summed E-state index contributed by atoms with van der Waals surface area (Å²) in [6.45, 7) is 0.471. The number of carbonyl (C=O) groups excluding carboxylic acids is 1. The Morgan fingerprint density at radius 1 is 1.30 bits per heavy atom. The molecule has 2 atom stereocenters. The summed E-state index contributed by atoms with van der Waals surface area (Å²) in [6.07, 6.45) is 1.11. The van der Waals surface area contributed by atoms with Gasteiger partial charge in [0, 0.05) is 25.3 Å². The molecule has 2 fully saturated rings. The first-order chi connectivity index (χ1) is 10.9. The molecule has 1 saturated carbocycles. The van der Waals surface area contributed by atoms with Crippen molar-refractivity contribution in [3.05, 3.63) is 18.2 Å². The molecular formula is C15H20N2O5S. The van der Waals surface area contributed by atoms with Gasteiger partial charge in [0.2, 0.25) is 15.9 Å². The SMILES string of the molecule is COc1ccc(NC(=O)[C@@]23C[C@@H]2CCN(C)S3(=O)=O)cc1OC. The van der Waals surface area contributed by atoms with Crippen LogP contribution in [0.15, 0.2) is 18.2 Å². The Balaban J connectivity index is 1.86. The van der Waals surface area contributed by atoms with Crippen LogP contribution in [0.25, 0.3) is 0 Å². The monoisotopic (exact) mass is 340 g/mol. The Labute approximate surface area is 135 Å². The van der Waals surface area contributed by atoms with E-state index in [1.807, 2.05) is 0 Å². The van der Waals surface area contributed by atoms with Gasteiger partial charge in [-0.1, -0.05) is 0 Å². The molecular weight excluding hydrogens is 320 g/mol. The minimum atomic E-state index is -3.61. The zero-order chi connectivity index (χ0) is 16.8. The van der Waals surface area contributed by atoms with Crippen LogP contribution >= 0.6 is 0 Å². The molecule has 1 aliphatic carbocycles. The summed E-state index contributed by atoms with van der Waals surface area (Å²) < 4.78 is 35.4. The number of carbonyl (C=O) groups is 1. The molecule has 1 aromatic rings. The van der Waals surface area contributed by atoms with Crippen molar-refractivity contribution in [2.45, 2.75) is 17.6 Å². The maximum absolute atomic E-state index is 12.7. The van der Waals surface area contributed by atoms with Crippen molar-refractivity contribution >= 4 is 21.6 Å². The van der Waals surface area contributed by atoms with Crippen LogP contribution in [0.1, 0.15) is 12.8 Å². The van der Waals surface area contributed by atoms with E-state index in [0.717, 1.165) is 6.42 Å². The van der Waals surface area contributed by atoms with Gasteiger partial charge in [0.15, 0.2) is 16.2 Å². The number of methoxy groups -OCH3 is 2. The van der Waals surface area contributed by atoms with Crippen LogP contribution in [0, 0.1) is 5.92 Å². The van der Waals surface area contributed by atoms with Crippen LogP contribution < -0.4 is 14.8 Å². The molecule has 1 heterocycles. The molecule has 7 nitrogen and oxygen atoms in total. The van der Waals surface area contributed by atoms with Gasteiger partial charge < -0.3 is 14.8 Å². The van der Waals surface area contributed by atoms with Crippen molar-refractivity contribution < 1.29 is 22.7 Å². The van der Waals surface area contributed by atoms with Crippen LogP contribution in [0.3, 0.4) is 0 Å². The Bertz CT molecular complexity index is 748. The molecule has 0 spiro atoms. The summed E-state index contributed by atoms with van der Waals surface area (Å²) in [6, 6.07) is 4.94. The molecule has 1 N–H and O–H groups in total. The average molecular weight is 340 g/mol. The minimum Gasteiger partial charge on any atom is -0.493 e. The zero-order valence-corrected chi connectivity index (χ0v) is 14.1. The van der Waals surface area contributed by atoms with E-state index in [1.54, 1.807) is 18.2 Å². The zero-order valence-electron chi connectivity index (χ0n) is 13.3. The Hall–Kier alpha value is -1.80. The Kier molecular flexibility index (Phi) is 3.76. The van der Waals surface area contributed by atoms with Crippen molar-refractivity contribution in [3.8, 4) is 11.5 Å². The molecule has 0 unspecified atom stereocenters. The number of benzene rings is 1. The lowest BCUT2D eigenvalue weighted by molar-refractivity contribution is -0.117. The normalized spacial score (nSPS) is 28.6. The molecule has 8 heteroatoms. The molecule has 1 aromatic carbocycles. The average Bonchev–Trinajstić information content (AvgIpc) is 3.28. The van der Waals surface area contributed by atoms with E-state index in [1.165, 1.54) is 25.6 Å². The number of rotatable bonds is 4. The van der Waals surface area contributed by atoms with Crippen molar-refractivity contribution in [2.75, 3.05) is 33.1 Å². The molecule has 0 aromatic heterocycles. The molecule has 1 saturated heterocycles. The fraction of sp³-hybridized carbons (Fsp3) is 0.533. The number of nitrogens with one attached hydrogen (secondary N) is 1. The van der Waals surface area contributed by atoms with E-state index in [-0.39, 0.29) is 5.92 Å². The van der Waals surface area contributed by atoms with E-state index in [2.05, 4.69) is 5.32 Å². The minimum absolute atomic E-state index is 0.0937. The van der Waals surface area contributed by atoms with Gasteiger partial charge >= 0.3 is 0 Å². The van der Waals surface area contributed by atoms with E-state index >= 15 is 0 Å². The summed E-state index contributed by atoms with van der Waals surface area (Å²) >= 11 is 0. The van der Waals surface area contributed by atoms with Gasteiger partial charge in [-0.25, -0.2) is 12.7 Å². The lowest BCUT2D eigenvalue weighted by Crippen LogP contribution is -2.50. The van der Waals surface area contributed by atoms with Crippen LogP contribution in [-0.2, 0) is 14.8 Å². The number of fused-ring (bicyclic) bond motifs is 1. The predicted octanol–water partition coefficient (Wildman–Crippen LogP) is 1.07. The lowest BCUT2D eigenvalue weighted by Gasteiger charge is -2.28. The third-order valence-electron chi connectivity index (χ3n) is 4.74. The quantitative estimate of drug-likeness (QED) is 0.886. The highest BCUT2D eigenvalue weighted by Crippen LogP contribution is 2.56. The molecule has 23 heavy (non-hydrogen) atoms. The Morgan fingerprint density at radius 2 is 2.00 bits per heavy atom. The van der Waals surface area contributed by atoms with Gasteiger partial charge in [-0.3, -0.25) is 4.79 Å². The first kappa shape index (κ1) is 16.1. The fourth-order valence-corrected chi connectivity index (χ4v) is 5.38. The first-order valence-electron chi connectivity index (χ1n) is 7.36. The lowest BCUT2D eigenvalue weighted by atomic mass is 10.2. The molecule has 0 bridgehead atoms. The number of hydrogen-bond donors (Lipinski definition) is 1. The summed E-state index contributed by atoms with van der Waals surface area (Å²) in [5, 5.41) is 2.72. The summed E-state index contributed by atoms with van der Waals surface area (Å²) in [5.41, 5.74) is 0.483. The molecule has 0 radical (unpaired) electrons. The third-order valence-corrected chi connectivity index (χ3v) is 7.35. The topological polar surface area (TPSA) is 84.9 Å². The van der Waals surface area contributed by atoms with Crippen LogP contribution in [0.2, 0.25) is 0 Å². The van der Waals surface area contributed by atoms with E-state index < -0.39 is 20.7 Å². The predicted molar refractivity (Wildman–Crippen MR) is 85.2 cm³/mol. The van der Waals surface area contributed by atoms with Crippen LogP contribution in [-0.4, -0.2) is 51.2 Å². The van der Waals surface area contributed by atoms with Crippen LogP contribution in [0.4, 0.5) is 5.69 Å². The maximum atomic E-state index is 12.7. The maximum Gasteiger partial charge on any atom is 0.247 e. The number of sulfonamides is 1. The van der Waals surface area contributed by atoms with Gasteiger partial charge in [0.25, 0.3) is 0 Å². The van der Waals surface area contributed by atoms with Crippen molar-refractivity contribution in [1.82, 2.24) is 4.31 Å². The van der Waals surface area contributed by atoms with Crippen LogP contribution in [0.5, 0.6) is 11.5 Å². The van der Waals surface area contributed by atoms with Gasteiger partial charge in [0.1, 0.15) is 0 Å². The molecule has 3 rings (SSSR count). The van der Waals surface area contributed by atoms with E-state index in [9.17, 15) is 13.2 Å². The Morgan fingerprint density at radius 3 is 2.65 bits per heavy atom.